The first-order valence-electron chi connectivity index (χ1n) is 6.90. The van der Waals surface area contributed by atoms with E-state index in [9.17, 15) is 18.5 Å². The fourth-order valence-electron chi connectivity index (χ4n) is 1.84. The van der Waals surface area contributed by atoms with Crippen LogP contribution in [0.3, 0.4) is 0 Å². The molecule has 0 saturated heterocycles. The number of allylic oxidation sites excluding steroid dienone is 1. The highest BCUT2D eigenvalue weighted by Gasteiger charge is 2.26. The van der Waals surface area contributed by atoms with E-state index in [2.05, 4.69) is 5.32 Å². The average Bonchev–Trinajstić information content (AvgIpc) is 2.59. The lowest BCUT2D eigenvalue weighted by Gasteiger charge is -2.12. The van der Waals surface area contributed by atoms with E-state index in [0.29, 0.717) is 4.90 Å². The van der Waals surface area contributed by atoms with Crippen LogP contribution in [0.5, 0.6) is 0 Å². The number of carbonyl (C=O) groups is 1. The van der Waals surface area contributed by atoms with Crippen LogP contribution in [0.25, 0.3) is 0 Å². The molecule has 0 aliphatic heterocycles. The van der Waals surface area contributed by atoms with Gasteiger partial charge in [-0.15, -0.1) is 0 Å². The Labute approximate surface area is 144 Å². The average molecular weight is 358 g/mol. The number of benzene rings is 2. The van der Waals surface area contributed by atoms with Crippen LogP contribution in [0.1, 0.15) is 6.92 Å². The third kappa shape index (κ3) is 4.25. The van der Waals surface area contributed by atoms with Crippen molar-refractivity contribution in [3.8, 4) is 6.07 Å². The fraction of sp³-hybridized carbons (Fsp3) is 0.0588. The maximum absolute atomic E-state index is 12.9. The van der Waals surface area contributed by atoms with Crippen LogP contribution >= 0.6 is 11.8 Å². The van der Waals surface area contributed by atoms with Gasteiger partial charge in [-0.3, -0.25) is 4.79 Å². The summed E-state index contributed by atoms with van der Waals surface area (Å²) in [5, 5.41) is 11.6. The van der Waals surface area contributed by atoms with Gasteiger partial charge < -0.3 is 5.32 Å². The molecule has 0 atom stereocenters. The van der Waals surface area contributed by atoms with Crippen molar-refractivity contribution >= 4 is 27.5 Å². The molecule has 0 aliphatic rings. The van der Waals surface area contributed by atoms with E-state index in [4.69, 9.17) is 0 Å². The van der Waals surface area contributed by atoms with Gasteiger partial charge in [-0.1, -0.05) is 48.2 Å². The summed E-state index contributed by atoms with van der Waals surface area (Å²) in [4.78, 5) is 12.0. The molecule has 2 aromatic carbocycles. The molecule has 0 aromatic heterocycles. The summed E-state index contributed by atoms with van der Waals surface area (Å²) in [5.74, 6) is -0.513. The minimum Gasteiger partial charge on any atom is -0.316 e. The molecule has 0 aliphatic carbocycles. The maximum Gasteiger partial charge on any atom is 0.221 e. The summed E-state index contributed by atoms with van der Waals surface area (Å²) in [7, 11) is -3.95. The Morgan fingerprint density at radius 2 is 1.58 bits per heavy atom. The second-order valence-electron chi connectivity index (χ2n) is 4.69. The number of nitriles is 1. The van der Waals surface area contributed by atoms with Crippen molar-refractivity contribution in [2.75, 3.05) is 0 Å². The van der Waals surface area contributed by atoms with Crippen molar-refractivity contribution in [1.82, 2.24) is 5.32 Å². The van der Waals surface area contributed by atoms with Gasteiger partial charge in [0, 0.05) is 11.8 Å². The van der Waals surface area contributed by atoms with E-state index in [1.165, 1.54) is 19.1 Å². The van der Waals surface area contributed by atoms with E-state index in [1.807, 2.05) is 0 Å². The topological polar surface area (TPSA) is 87.0 Å². The van der Waals surface area contributed by atoms with Gasteiger partial charge in [-0.05, 0) is 24.3 Å². The zero-order chi connectivity index (χ0) is 17.6. The van der Waals surface area contributed by atoms with Crippen LogP contribution in [-0.2, 0) is 14.6 Å². The Morgan fingerprint density at radius 1 is 1.04 bits per heavy atom. The zero-order valence-corrected chi connectivity index (χ0v) is 14.4. The summed E-state index contributed by atoms with van der Waals surface area (Å²) < 4.78 is 25.7. The van der Waals surface area contributed by atoms with Gasteiger partial charge >= 0.3 is 0 Å². The van der Waals surface area contributed by atoms with Crippen molar-refractivity contribution in [2.24, 2.45) is 0 Å². The highest BCUT2D eigenvalue weighted by molar-refractivity contribution is 8.18. The maximum atomic E-state index is 12.9. The lowest BCUT2D eigenvalue weighted by atomic mass is 10.4. The molecule has 0 bridgehead atoms. The Hall–Kier alpha value is -2.56. The quantitative estimate of drug-likeness (QED) is 0.655. The van der Waals surface area contributed by atoms with Crippen LogP contribution in [0, 0.1) is 11.3 Å². The van der Waals surface area contributed by atoms with Crippen LogP contribution in [0.15, 0.2) is 80.4 Å². The Kier molecular flexibility index (Phi) is 5.79. The van der Waals surface area contributed by atoms with Gasteiger partial charge in [0.05, 0.1) is 4.90 Å². The van der Waals surface area contributed by atoms with E-state index >= 15 is 0 Å². The highest BCUT2D eigenvalue weighted by atomic mass is 32.3. The van der Waals surface area contributed by atoms with Crippen molar-refractivity contribution < 1.29 is 13.2 Å². The van der Waals surface area contributed by atoms with Gasteiger partial charge in [-0.25, -0.2) is 8.42 Å². The van der Waals surface area contributed by atoms with Crippen molar-refractivity contribution in [3.05, 3.63) is 70.6 Å². The summed E-state index contributed by atoms with van der Waals surface area (Å²) in [5.41, 5.74) is -0.291. The largest absolute Gasteiger partial charge is 0.316 e. The van der Waals surface area contributed by atoms with Gasteiger partial charge in [0.2, 0.25) is 15.7 Å². The number of thioether (sulfide) groups is 1. The number of nitrogens with zero attached hydrogens (tertiary/aromatic N) is 1. The van der Waals surface area contributed by atoms with Gasteiger partial charge in [-0.2, -0.15) is 5.26 Å². The second kappa shape index (κ2) is 7.81. The SMILES string of the molecule is CC(=O)N/C(C#N)=C(/Sc1ccccc1)S(=O)(=O)c1ccccc1. The van der Waals surface area contributed by atoms with E-state index in [1.54, 1.807) is 54.6 Å². The molecule has 122 valence electrons. The summed E-state index contributed by atoms with van der Waals surface area (Å²) >= 11 is 0.920. The predicted molar refractivity (Wildman–Crippen MR) is 92.4 cm³/mol. The molecule has 0 spiro atoms. The number of sulfone groups is 1. The van der Waals surface area contributed by atoms with Crippen LogP contribution < -0.4 is 5.32 Å². The normalized spacial score (nSPS) is 12.0. The van der Waals surface area contributed by atoms with E-state index in [-0.39, 0.29) is 14.8 Å². The van der Waals surface area contributed by atoms with Gasteiger partial charge in [0.15, 0.2) is 0 Å². The molecule has 24 heavy (non-hydrogen) atoms. The highest BCUT2D eigenvalue weighted by Crippen LogP contribution is 2.35. The van der Waals surface area contributed by atoms with Gasteiger partial charge in [0.25, 0.3) is 0 Å². The molecular weight excluding hydrogens is 344 g/mol. The number of nitrogens with one attached hydrogen (secondary N) is 1. The van der Waals surface area contributed by atoms with Crippen LogP contribution in [0.4, 0.5) is 0 Å². The Bertz CT molecular complexity index is 900. The first kappa shape index (κ1) is 17.8. The molecule has 0 heterocycles. The molecule has 0 radical (unpaired) electrons. The summed E-state index contributed by atoms with van der Waals surface area (Å²) in [6, 6.07) is 18.4. The third-order valence-corrected chi connectivity index (χ3v) is 6.26. The number of rotatable bonds is 5. The van der Waals surface area contributed by atoms with Crippen molar-refractivity contribution in [2.45, 2.75) is 16.7 Å². The molecule has 0 fully saturated rings. The smallest absolute Gasteiger partial charge is 0.221 e. The van der Waals surface area contributed by atoms with E-state index < -0.39 is 15.7 Å². The molecule has 1 amide bonds. The lowest BCUT2D eigenvalue weighted by molar-refractivity contribution is -0.118. The van der Waals surface area contributed by atoms with Crippen LogP contribution in [0.2, 0.25) is 0 Å². The molecule has 0 unspecified atom stereocenters. The lowest BCUT2D eigenvalue weighted by Crippen LogP contribution is -2.21. The number of hydrogen-bond donors (Lipinski definition) is 1. The third-order valence-electron chi connectivity index (χ3n) is 2.87. The van der Waals surface area contributed by atoms with E-state index in [0.717, 1.165) is 11.8 Å². The second-order valence-corrected chi connectivity index (χ2v) is 7.92. The molecule has 7 heteroatoms. The Balaban J connectivity index is 2.61. The molecule has 2 rings (SSSR count). The summed E-state index contributed by atoms with van der Waals surface area (Å²) in [6.07, 6.45) is 0. The van der Waals surface area contributed by atoms with Crippen LogP contribution in [-0.4, -0.2) is 14.3 Å². The first-order valence-corrected chi connectivity index (χ1v) is 9.20. The Morgan fingerprint density at radius 3 is 2.08 bits per heavy atom. The van der Waals surface area contributed by atoms with Crippen molar-refractivity contribution in [3.63, 3.8) is 0 Å². The standard InChI is InChI=1S/C17H14N2O3S2/c1-13(20)19-16(12-18)17(23-14-8-4-2-5-9-14)24(21,22)15-10-6-3-7-11-15/h2-11H,1H3,(H,19,20)/b17-16-. The molecule has 2 aromatic rings. The fourth-order valence-corrected chi connectivity index (χ4v) is 4.66. The minimum absolute atomic E-state index is 0.0570. The predicted octanol–water partition coefficient (Wildman–Crippen LogP) is 3.08. The molecule has 5 nitrogen and oxygen atoms in total. The first-order chi connectivity index (χ1) is 11.4. The molecule has 0 saturated carbocycles. The van der Waals surface area contributed by atoms with Gasteiger partial charge in [0.1, 0.15) is 16.0 Å². The summed E-state index contributed by atoms with van der Waals surface area (Å²) in [6.45, 7) is 1.22. The molecule has 1 N–H and O–H groups in total. The number of amides is 1. The number of carbonyl (C=O) groups excluding carboxylic acids is 1. The monoisotopic (exact) mass is 358 g/mol. The number of hydrogen-bond acceptors (Lipinski definition) is 5. The minimum atomic E-state index is -3.95. The molecular formula is C17H14N2O3S2. The zero-order valence-electron chi connectivity index (χ0n) is 12.8. The van der Waals surface area contributed by atoms with Crippen molar-refractivity contribution in [1.29, 1.82) is 5.26 Å².